The average Bonchev–Trinajstić information content (AvgIpc) is 3.22. The zero-order valence-electron chi connectivity index (χ0n) is 14.7. The lowest BCUT2D eigenvalue weighted by Crippen LogP contribution is -2.31. The third-order valence-electron chi connectivity index (χ3n) is 4.90. The highest BCUT2D eigenvalue weighted by Gasteiger charge is 2.38. The standard InChI is InChI=1S/C19H29N3O/c1-12(2)20-19(23)18-8-5-15(9-13(18)3)21-16-10-14(4)22(11-16)17-6-7-17/h5,8-9,12,14,16-17,21H,6-7,10-11H2,1-4H3,(H,20,23)/t14-,16-/m0/s1. The quantitative estimate of drug-likeness (QED) is 0.877. The second-order valence-electron chi connectivity index (χ2n) is 7.51. The van der Waals surface area contributed by atoms with Crippen molar-refractivity contribution in [3.05, 3.63) is 29.3 Å². The molecular weight excluding hydrogens is 286 g/mol. The Balaban J connectivity index is 1.63. The number of carbonyl (C=O) groups is 1. The lowest BCUT2D eigenvalue weighted by molar-refractivity contribution is 0.0942. The van der Waals surface area contributed by atoms with E-state index in [2.05, 4.69) is 28.5 Å². The van der Waals surface area contributed by atoms with Gasteiger partial charge in [-0.15, -0.1) is 0 Å². The number of rotatable bonds is 5. The van der Waals surface area contributed by atoms with Crippen molar-refractivity contribution in [1.29, 1.82) is 0 Å². The summed E-state index contributed by atoms with van der Waals surface area (Å²) >= 11 is 0. The molecule has 126 valence electrons. The average molecular weight is 315 g/mol. The van der Waals surface area contributed by atoms with E-state index >= 15 is 0 Å². The van der Waals surface area contributed by atoms with Gasteiger partial charge < -0.3 is 10.6 Å². The minimum absolute atomic E-state index is 0.0125. The van der Waals surface area contributed by atoms with Gasteiger partial charge in [0.1, 0.15) is 0 Å². The minimum atomic E-state index is 0.0125. The van der Waals surface area contributed by atoms with Crippen LogP contribution in [0.15, 0.2) is 18.2 Å². The summed E-state index contributed by atoms with van der Waals surface area (Å²) in [6.07, 6.45) is 3.94. The molecule has 1 aliphatic heterocycles. The van der Waals surface area contributed by atoms with E-state index in [0.717, 1.165) is 29.4 Å². The van der Waals surface area contributed by atoms with Crippen LogP contribution in [0.5, 0.6) is 0 Å². The second-order valence-corrected chi connectivity index (χ2v) is 7.51. The monoisotopic (exact) mass is 315 g/mol. The van der Waals surface area contributed by atoms with Crippen molar-refractivity contribution in [3.8, 4) is 0 Å². The van der Waals surface area contributed by atoms with Crippen LogP contribution in [0.3, 0.4) is 0 Å². The third kappa shape index (κ3) is 3.86. The summed E-state index contributed by atoms with van der Waals surface area (Å²) in [5, 5.41) is 6.62. The number of nitrogens with one attached hydrogen (secondary N) is 2. The van der Waals surface area contributed by atoms with E-state index in [1.807, 2.05) is 32.9 Å². The number of benzene rings is 1. The van der Waals surface area contributed by atoms with Gasteiger partial charge in [0.2, 0.25) is 0 Å². The molecule has 2 aliphatic rings. The summed E-state index contributed by atoms with van der Waals surface area (Å²) in [6.45, 7) is 9.45. The SMILES string of the molecule is Cc1cc(N[C@H]2C[C@H](C)N(C3CC3)C2)ccc1C(=O)NC(C)C. The predicted molar refractivity (Wildman–Crippen MR) is 95.0 cm³/mol. The molecule has 2 N–H and O–H groups in total. The fourth-order valence-corrected chi connectivity index (χ4v) is 3.66. The Morgan fingerprint density at radius 3 is 2.65 bits per heavy atom. The summed E-state index contributed by atoms with van der Waals surface area (Å²) in [7, 11) is 0. The lowest BCUT2D eigenvalue weighted by Gasteiger charge is -2.20. The van der Waals surface area contributed by atoms with Gasteiger partial charge in [-0.25, -0.2) is 0 Å². The number of aryl methyl sites for hydroxylation is 1. The zero-order valence-corrected chi connectivity index (χ0v) is 14.7. The predicted octanol–water partition coefficient (Wildman–Crippen LogP) is 3.17. The van der Waals surface area contributed by atoms with Crippen LogP contribution in [0, 0.1) is 6.92 Å². The number of carbonyl (C=O) groups excluding carboxylic acids is 1. The fraction of sp³-hybridized carbons (Fsp3) is 0.632. The molecule has 2 fully saturated rings. The van der Waals surface area contributed by atoms with E-state index in [0.29, 0.717) is 12.1 Å². The van der Waals surface area contributed by atoms with Gasteiger partial charge >= 0.3 is 0 Å². The molecule has 1 aromatic carbocycles. The topological polar surface area (TPSA) is 44.4 Å². The summed E-state index contributed by atoms with van der Waals surface area (Å²) in [4.78, 5) is 14.8. The molecule has 2 atom stereocenters. The Kier molecular flexibility index (Phi) is 4.62. The van der Waals surface area contributed by atoms with Gasteiger partial charge in [0.05, 0.1) is 0 Å². The molecule has 23 heavy (non-hydrogen) atoms. The van der Waals surface area contributed by atoms with Crippen molar-refractivity contribution in [2.75, 3.05) is 11.9 Å². The maximum absolute atomic E-state index is 12.2. The van der Waals surface area contributed by atoms with E-state index < -0.39 is 0 Å². The molecule has 0 unspecified atom stereocenters. The van der Waals surface area contributed by atoms with Crippen molar-refractivity contribution in [2.45, 2.75) is 71.1 Å². The molecule has 0 radical (unpaired) electrons. The van der Waals surface area contributed by atoms with E-state index in [1.54, 1.807) is 0 Å². The molecule has 1 saturated heterocycles. The minimum Gasteiger partial charge on any atom is -0.381 e. The summed E-state index contributed by atoms with van der Waals surface area (Å²) in [5.41, 5.74) is 2.92. The first-order valence-corrected chi connectivity index (χ1v) is 8.88. The Morgan fingerprint density at radius 1 is 1.30 bits per heavy atom. The molecule has 1 saturated carbocycles. The summed E-state index contributed by atoms with van der Waals surface area (Å²) in [6, 6.07) is 8.25. The Morgan fingerprint density at radius 2 is 2.04 bits per heavy atom. The van der Waals surface area contributed by atoms with Crippen molar-refractivity contribution in [2.24, 2.45) is 0 Å². The number of hydrogen-bond acceptors (Lipinski definition) is 3. The molecule has 1 aliphatic carbocycles. The van der Waals surface area contributed by atoms with E-state index in [1.165, 1.54) is 19.3 Å². The van der Waals surface area contributed by atoms with Crippen LogP contribution in [-0.2, 0) is 0 Å². The highest BCUT2D eigenvalue weighted by atomic mass is 16.1. The van der Waals surface area contributed by atoms with E-state index in [9.17, 15) is 4.79 Å². The molecule has 4 heteroatoms. The highest BCUT2D eigenvalue weighted by molar-refractivity contribution is 5.96. The normalized spacial score (nSPS) is 24.9. The molecule has 1 aromatic rings. The van der Waals surface area contributed by atoms with Crippen molar-refractivity contribution in [1.82, 2.24) is 10.2 Å². The molecular formula is C19H29N3O. The number of nitrogens with zero attached hydrogens (tertiary/aromatic N) is 1. The number of hydrogen-bond donors (Lipinski definition) is 2. The first-order valence-electron chi connectivity index (χ1n) is 8.88. The van der Waals surface area contributed by atoms with Crippen LogP contribution in [0.2, 0.25) is 0 Å². The zero-order chi connectivity index (χ0) is 16.6. The van der Waals surface area contributed by atoms with Gasteiger partial charge in [0.15, 0.2) is 0 Å². The van der Waals surface area contributed by atoms with Crippen molar-refractivity contribution >= 4 is 11.6 Å². The van der Waals surface area contributed by atoms with Gasteiger partial charge in [-0.05, 0) is 70.7 Å². The molecule has 1 amide bonds. The maximum atomic E-state index is 12.2. The van der Waals surface area contributed by atoms with Crippen molar-refractivity contribution in [3.63, 3.8) is 0 Å². The van der Waals surface area contributed by atoms with Gasteiger partial charge in [0, 0.05) is 42.0 Å². The second kappa shape index (κ2) is 6.52. The smallest absolute Gasteiger partial charge is 0.251 e. The summed E-state index contributed by atoms with van der Waals surface area (Å²) in [5.74, 6) is 0.0125. The lowest BCUT2D eigenvalue weighted by atomic mass is 10.1. The summed E-state index contributed by atoms with van der Waals surface area (Å²) < 4.78 is 0. The van der Waals surface area contributed by atoms with Gasteiger partial charge in [-0.3, -0.25) is 9.69 Å². The molecule has 0 spiro atoms. The Bertz CT molecular complexity index is 580. The molecule has 0 bridgehead atoms. The Labute approximate surface area is 139 Å². The van der Waals surface area contributed by atoms with Crippen LogP contribution < -0.4 is 10.6 Å². The number of anilines is 1. The highest BCUT2D eigenvalue weighted by Crippen LogP contribution is 2.34. The van der Waals surface area contributed by atoms with Crippen LogP contribution >= 0.6 is 0 Å². The van der Waals surface area contributed by atoms with Gasteiger partial charge in [-0.2, -0.15) is 0 Å². The maximum Gasteiger partial charge on any atom is 0.251 e. The number of amides is 1. The van der Waals surface area contributed by atoms with Crippen LogP contribution in [0.1, 0.15) is 56.0 Å². The molecule has 1 heterocycles. The van der Waals surface area contributed by atoms with E-state index in [4.69, 9.17) is 0 Å². The molecule has 0 aromatic heterocycles. The fourth-order valence-electron chi connectivity index (χ4n) is 3.66. The number of likely N-dealkylation sites (tertiary alicyclic amines) is 1. The third-order valence-corrected chi connectivity index (χ3v) is 4.90. The van der Waals surface area contributed by atoms with Crippen LogP contribution in [0.25, 0.3) is 0 Å². The largest absolute Gasteiger partial charge is 0.381 e. The van der Waals surface area contributed by atoms with E-state index in [-0.39, 0.29) is 11.9 Å². The Hall–Kier alpha value is -1.55. The molecule has 4 nitrogen and oxygen atoms in total. The molecule has 3 rings (SSSR count). The van der Waals surface area contributed by atoms with Gasteiger partial charge in [0.25, 0.3) is 5.91 Å². The van der Waals surface area contributed by atoms with Crippen molar-refractivity contribution < 1.29 is 4.79 Å². The van der Waals surface area contributed by atoms with Crippen LogP contribution in [0.4, 0.5) is 5.69 Å². The first-order chi connectivity index (χ1) is 10.9. The van der Waals surface area contributed by atoms with Gasteiger partial charge in [-0.1, -0.05) is 0 Å². The van der Waals surface area contributed by atoms with Crippen LogP contribution in [-0.4, -0.2) is 41.5 Å². The first kappa shape index (κ1) is 16.3.